The van der Waals surface area contributed by atoms with Gasteiger partial charge in [-0.15, -0.1) is 0 Å². The van der Waals surface area contributed by atoms with E-state index < -0.39 is 0 Å². The summed E-state index contributed by atoms with van der Waals surface area (Å²) in [5, 5.41) is 0. The highest BCUT2D eigenvalue weighted by molar-refractivity contribution is 5.33. The van der Waals surface area contributed by atoms with Crippen molar-refractivity contribution in [2.75, 3.05) is 0 Å². The maximum absolute atomic E-state index is 7.25. The molecule has 0 amide bonds. The lowest BCUT2D eigenvalue weighted by atomic mass is 9.92. The van der Waals surface area contributed by atoms with Gasteiger partial charge >= 0.3 is 0 Å². The predicted molar refractivity (Wildman–Crippen MR) is 56.0 cm³/mol. The number of aryl methyl sites for hydroxylation is 1. The molecule has 1 aromatic rings. The van der Waals surface area contributed by atoms with Gasteiger partial charge in [0.2, 0.25) is 0 Å². The topological polar surface area (TPSA) is 0 Å². The summed E-state index contributed by atoms with van der Waals surface area (Å²) in [4.78, 5) is 0. The maximum Gasteiger partial charge on any atom is 0.0465 e. The van der Waals surface area contributed by atoms with Gasteiger partial charge in [0.1, 0.15) is 0 Å². The van der Waals surface area contributed by atoms with Crippen LogP contribution in [-0.2, 0) is 0 Å². The van der Waals surface area contributed by atoms with Crippen LogP contribution in [0.1, 0.15) is 36.8 Å². The summed E-state index contributed by atoms with van der Waals surface area (Å²) in [5.74, 6) is 2.80. The van der Waals surface area contributed by atoms with Gasteiger partial charge < -0.3 is 0 Å². The Kier molecular flexibility index (Phi) is 3.58. The fourth-order valence-electron chi connectivity index (χ4n) is 1.57. The van der Waals surface area contributed by atoms with E-state index in [1.165, 1.54) is 11.1 Å². The summed E-state index contributed by atoms with van der Waals surface area (Å²) in [6.45, 7) is 4.23. The normalized spacial score (nSPS) is 12.1. The first-order valence-electron chi connectivity index (χ1n) is 4.77. The van der Waals surface area contributed by atoms with Crippen LogP contribution in [0.3, 0.4) is 0 Å². The molecule has 0 heteroatoms. The molecule has 13 heavy (non-hydrogen) atoms. The minimum Gasteiger partial charge on any atom is -0.0809 e. The van der Waals surface area contributed by atoms with Crippen LogP contribution in [0.4, 0.5) is 0 Å². The van der Waals surface area contributed by atoms with Gasteiger partial charge in [-0.25, -0.2) is 0 Å². The lowest BCUT2D eigenvalue weighted by Crippen LogP contribution is -1.97. The quantitative estimate of drug-likeness (QED) is 0.611. The van der Waals surface area contributed by atoms with Crippen molar-refractivity contribution >= 4 is 0 Å². The summed E-state index contributed by atoms with van der Waals surface area (Å²) in [6.07, 6.45) is 9.37. The molecular formula is C13H15. The van der Waals surface area contributed by atoms with Crippen LogP contribution >= 0.6 is 0 Å². The molecule has 0 saturated carbocycles. The summed E-state index contributed by atoms with van der Waals surface area (Å²) in [5.41, 5.74) is 2.51. The Morgan fingerprint density at radius 1 is 1.38 bits per heavy atom. The van der Waals surface area contributed by atoms with Gasteiger partial charge in [-0.2, -0.15) is 0 Å². The van der Waals surface area contributed by atoms with Crippen LogP contribution in [0.15, 0.2) is 24.3 Å². The number of hydrogen-bond acceptors (Lipinski definition) is 0. The van der Waals surface area contributed by atoms with E-state index >= 15 is 0 Å². The van der Waals surface area contributed by atoms with Crippen LogP contribution < -0.4 is 0 Å². The zero-order chi connectivity index (χ0) is 9.68. The highest BCUT2D eigenvalue weighted by Gasteiger charge is 2.08. The third kappa shape index (κ3) is 2.36. The predicted octanol–water partition coefficient (Wildman–Crippen LogP) is 3.47. The lowest BCUT2D eigenvalue weighted by molar-refractivity contribution is 0.730. The van der Waals surface area contributed by atoms with Crippen LogP contribution in [-0.4, -0.2) is 0 Å². The Labute approximate surface area is 81.0 Å². The van der Waals surface area contributed by atoms with E-state index in [-0.39, 0.29) is 5.92 Å². The molecule has 0 nitrogen and oxygen atoms in total. The largest absolute Gasteiger partial charge is 0.0809 e. The molecular weight excluding hydrogens is 156 g/mol. The minimum absolute atomic E-state index is 0.186. The Morgan fingerprint density at radius 2 is 2.08 bits per heavy atom. The molecule has 0 aliphatic carbocycles. The third-order valence-corrected chi connectivity index (χ3v) is 2.32. The van der Waals surface area contributed by atoms with E-state index in [9.17, 15) is 0 Å². The minimum atomic E-state index is 0.186. The summed E-state index contributed by atoms with van der Waals surface area (Å²) < 4.78 is 0. The van der Waals surface area contributed by atoms with Gasteiger partial charge in [-0.3, -0.25) is 0 Å². The van der Waals surface area contributed by atoms with E-state index in [2.05, 4.69) is 31.9 Å². The SMILES string of the molecule is [C]#CC(CCC)c1ccccc1C. The molecule has 1 atom stereocenters. The van der Waals surface area contributed by atoms with Crippen LogP contribution in [0, 0.1) is 19.3 Å². The van der Waals surface area contributed by atoms with Crippen molar-refractivity contribution in [1.82, 2.24) is 0 Å². The zero-order valence-electron chi connectivity index (χ0n) is 8.30. The molecule has 0 aromatic heterocycles. The molecule has 67 valence electrons. The van der Waals surface area contributed by atoms with E-state index in [0.717, 1.165) is 12.8 Å². The molecule has 0 aliphatic heterocycles. The Hall–Kier alpha value is -1.22. The van der Waals surface area contributed by atoms with Crippen LogP contribution in [0.5, 0.6) is 0 Å². The van der Waals surface area contributed by atoms with Crippen LogP contribution in [0.25, 0.3) is 0 Å². The standard InChI is InChI=1S/C13H15/c1-4-8-12(5-2)13-10-7-6-9-11(13)3/h6-7,9-10,12H,4,8H2,1,3H3. The fourth-order valence-corrected chi connectivity index (χ4v) is 1.57. The van der Waals surface area contributed by atoms with Crippen molar-refractivity contribution < 1.29 is 0 Å². The average Bonchev–Trinajstić information content (AvgIpc) is 2.16. The first-order valence-corrected chi connectivity index (χ1v) is 4.77. The Morgan fingerprint density at radius 3 is 2.62 bits per heavy atom. The van der Waals surface area contributed by atoms with E-state index in [1.807, 2.05) is 12.1 Å². The molecule has 1 unspecified atom stereocenters. The van der Waals surface area contributed by atoms with E-state index in [4.69, 9.17) is 6.42 Å². The van der Waals surface area contributed by atoms with Gasteiger partial charge in [-0.1, -0.05) is 43.5 Å². The zero-order valence-corrected chi connectivity index (χ0v) is 8.30. The smallest absolute Gasteiger partial charge is 0.0465 e. The van der Waals surface area contributed by atoms with Gasteiger partial charge in [0.25, 0.3) is 0 Å². The maximum atomic E-state index is 7.25. The molecule has 0 fully saturated rings. The highest BCUT2D eigenvalue weighted by Crippen LogP contribution is 2.23. The highest BCUT2D eigenvalue weighted by atomic mass is 14.1. The fraction of sp³-hybridized carbons (Fsp3) is 0.385. The van der Waals surface area contributed by atoms with E-state index in [1.54, 1.807) is 0 Å². The number of hydrogen-bond donors (Lipinski definition) is 0. The molecule has 0 aliphatic rings. The van der Waals surface area contributed by atoms with Gasteiger partial charge in [0, 0.05) is 5.92 Å². The molecule has 0 N–H and O–H groups in total. The Balaban J connectivity index is 2.92. The summed E-state index contributed by atoms with van der Waals surface area (Å²) >= 11 is 0. The second-order valence-electron chi connectivity index (χ2n) is 3.34. The molecule has 0 heterocycles. The number of benzene rings is 1. The van der Waals surface area contributed by atoms with Crippen molar-refractivity contribution in [2.45, 2.75) is 32.6 Å². The first-order chi connectivity index (χ1) is 6.29. The van der Waals surface area contributed by atoms with Gasteiger partial charge in [0.15, 0.2) is 0 Å². The summed E-state index contributed by atoms with van der Waals surface area (Å²) in [6, 6.07) is 8.25. The Bertz CT molecular complexity index is 304. The second-order valence-corrected chi connectivity index (χ2v) is 3.34. The molecule has 1 aromatic carbocycles. The molecule has 1 radical (unpaired) electrons. The van der Waals surface area contributed by atoms with Gasteiger partial charge in [-0.05, 0) is 30.9 Å². The molecule has 0 bridgehead atoms. The number of rotatable bonds is 3. The summed E-state index contributed by atoms with van der Waals surface area (Å²) in [7, 11) is 0. The third-order valence-electron chi connectivity index (χ3n) is 2.32. The van der Waals surface area contributed by atoms with Crippen molar-refractivity contribution in [2.24, 2.45) is 0 Å². The van der Waals surface area contributed by atoms with Crippen molar-refractivity contribution in [3.8, 4) is 5.92 Å². The first kappa shape index (κ1) is 9.86. The van der Waals surface area contributed by atoms with Crippen LogP contribution in [0.2, 0.25) is 0 Å². The van der Waals surface area contributed by atoms with Crippen molar-refractivity contribution in [3.63, 3.8) is 0 Å². The second kappa shape index (κ2) is 4.72. The molecule has 0 spiro atoms. The van der Waals surface area contributed by atoms with Gasteiger partial charge in [0.05, 0.1) is 0 Å². The molecule has 0 saturated heterocycles. The molecule has 1 rings (SSSR count). The average molecular weight is 171 g/mol. The van der Waals surface area contributed by atoms with E-state index in [0.29, 0.717) is 0 Å². The lowest BCUT2D eigenvalue weighted by Gasteiger charge is -2.11. The van der Waals surface area contributed by atoms with Crippen molar-refractivity contribution in [3.05, 3.63) is 41.8 Å². The van der Waals surface area contributed by atoms with Crippen molar-refractivity contribution in [1.29, 1.82) is 0 Å². The monoisotopic (exact) mass is 171 g/mol.